The molecule has 7 nitrogen and oxygen atoms in total. The van der Waals surface area contributed by atoms with E-state index in [1.54, 1.807) is 4.90 Å². The van der Waals surface area contributed by atoms with Crippen molar-refractivity contribution in [2.45, 2.75) is 24.7 Å². The van der Waals surface area contributed by atoms with Crippen molar-refractivity contribution in [3.05, 3.63) is 29.8 Å². The summed E-state index contributed by atoms with van der Waals surface area (Å²) in [5, 5.41) is 3.25. The first-order valence-electron chi connectivity index (χ1n) is 9.00. The summed E-state index contributed by atoms with van der Waals surface area (Å²) in [5.41, 5.74) is 0.487. The molecule has 2 saturated heterocycles. The molecule has 0 saturated carbocycles. The van der Waals surface area contributed by atoms with E-state index in [1.165, 1.54) is 35.5 Å². The normalized spacial score (nSPS) is 20.1. The number of nitrogens with zero attached hydrogens (tertiary/aromatic N) is 2. The van der Waals surface area contributed by atoms with Crippen LogP contribution in [0.5, 0.6) is 0 Å². The summed E-state index contributed by atoms with van der Waals surface area (Å²) in [7, 11) is -3.60. The highest BCUT2D eigenvalue weighted by Crippen LogP contribution is 2.21. The van der Waals surface area contributed by atoms with Crippen molar-refractivity contribution in [3.63, 3.8) is 0 Å². The molecule has 1 amide bonds. The highest BCUT2D eigenvalue weighted by atomic mass is 32.2. The number of hydrogen-bond donors (Lipinski definition) is 1. The molecule has 1 N–H and O–H groups in total. The predicted octanol–water partition coefficient (Wildman–Crippen LogP) is 0.722. The van der Waals surface area contributed by atoms with E-state index in [9.17, 15) is 18.0 Å². The maximum Gasteiger partial charge on any atom is 0.243 e. The first-order chi connectivity index (χ1) is 12.4. The number of sulfonamides is 1. The van der Waals surface area contributed by atoms with Crippen molar-refractivity contribution in [1.29, 1.82) is 0 Å². The van der Waals surface area contributed by atoms with Crippen molar-refractivity contribution in [2.75, 3.05) is 39.3 Å². The lowest BCUT2D eigenvalue weighted by molar-refractivity contribution is -0.137. The monoisotopic (exact) mass is 379 g/mol. The van der Waals surface area contributed by atoms with E-state index < -0.39 is 10.0 Å². The van der Waals surface area contributed by atoms with Crippen molar-refractivity contribution in [2.24, 2.45) is 5.92 Å². The molecule has 0 atom stereocenters. The van der Waals surface area contributed by atoms with Crippen LogP contribution in [-0.4, -0.2) is 68.6 Å². The minimum atomic E-state index is -3.60. The summed E-state index contributed by atoms with van der Waals surface area (Å²) in [6.45, 7) is 4.62. The first-order valence-corrected chi connectivity index (χ1v) is 10.4. The van der Waals surface area contributed by atoms with Crippen LogP contribution in [0.3, 0.4) is 0 Å². The van der Waals surface area contributed by atoms with E-state index in [0.29, 0.717) is 31.7 Å². The van der Waals surface area contributed by atoms with E-state index in [-0.39, 0.29) is 22.5 Å². The summed E-state index contributed by atoms with van der Waals surface area (Å²) < 4.78 is 27.0. The number of nitrogens with one attached hydrogen (secondary N) is 1. The fourth-order valence-corrected chi connectivity index (χ4v) is 4.91. The molecule has 2 aliphatic rings. The Balaban J connectivity index is 1.63. The molecule has 2 fully saturated rings. The van der Waals surface area contributed by atoms with Crippen LogP contribution >= 0.6 is 0 Å². The third kappa shape index (κ3) is 3.97. The van der Waals surface area contributed by atoms with E-state index in [2.05, 4.69) is 5.32 Å². The molecule has 142 valence electrons. The Kier molecular flexibility index (Phi) is 5.74. The average Bonchev–Trinajstić information content (AvgIpc) is 2.68. The molecule has 0 aromatic heterocycles. The van der Waals surface area contributed by atoms with Crippen molar-refractivity contribution >= 4 is 21.7 Å². The molecule has 0 spiro atoms. The SMILES string of the molecule is CC(=O)c1ccc(S(=O)(=O)N2CCN(C(=O)C3CCNCC3)CC2)cc1. The van der Waals surface area contributed by atoms with Gasteiger partial charge in [-0.15, -0.1) is 0 Å². The molecular formula is C18H25N3O4S. The quantitative estimate of drug-likeness (QED) is 0.779. The van der Waals surface area contributed by atoms with Gasteiger partial charge in [0.05, 0.1) is 4.90 Å². The number of rotatable bonds is 4. The van der Waals surface area contributed by atoms with E-state index in [4.69, 9.17) is 0 Å². The number of piperidine rings is 1. The molecule has 3 rings (SSSR count). The van der Waals surface area contributed by atoms with Gasteiger partial charge >= 0.3 is 0 Å². The molecule has 2 aliphatic heterocycles. The number of carbonyl (C=O) groups excluding carboxylic acids is 2. The molecule has 0 bridgehead atoms. The maximum absolute atomic E-state index is 12.8. The van der Waals surface area contributed by atoms with Crippen molar-refractivity contribution in [3.8, 4) is 0 Å². The standard InChI is InChI=1S/C18H25N3O4S/c1-14(22)15-2-4-17(5-3-15)26(24,25)21-12-10-20(11-13-21)18(23)16-6-8-19-9-7-16/h2-5,16,19H,6-13H2,1H3. The van der Waals surface area contributed by atoms with E-state index in [1.807, 2.05) is 0 Å². The van der Waals surface area contributed by atoms with E-state index >= 15 is 0 Å². The van der Waals surface area contributed by atoms with Gasteiger partial charge in [-0.2, -0.15) is 4.31 Å². The lowest BCUT2D eigenvalue weighted by Gasteiger charge is -2.36. The fraction of sp³-hybridized carbons (Fsp3) is 0.556. The van der Waals surface area contributed by atoms with Gasteiger partial charge in [-0.3, -0.25) is 9.59 Å². The van der Waals surface area contributed by atoms with Crippen LogP contribution in [-0.2, 0) is 14.8 Å². The van der Waals surface area contributed by atoms with Gasteiger partial charge < -0.3 is 10.2 Å². The zero-order valence-corrected chi connectivity index (χ0v) is 15.8. The second-order valence-electron chi connectivity index (χ2n) is 6.83. The smallest absolute Gasteiger partial charge is 0.243 e. The van der Waals surface area contributed by atoms with Gasteiger partial charge in [0.1, 0.15) is 0 Å². The Bertz CT molecular complexity index is 762. The number of benzene rings is 1. The Morgan fingerprint density at radius 2 is 1.58 bits per heavy atom. The minimum absolute atomic E-state index is 0.0542. The van der Waals surface area contributed by atoms with Gasteiger partial charge in [-0.05, 0) is 45.0 Å². The number of hydrogen-bond acceptors (Lipinski definition) is 5. The minimum Gasteiger partial charge on any atom is -0.340 e. The molecule has 2 heterocycles. The molecule has 1 aromatic rings. The maximum atomic E-state index is 12.8. The first kappa shape index (κ1) is 19.0. The van der Waals surface area contributed by atoms with Crippen LogP contribution in [0.4, 0.5) is 0 Å². The van der Waals surface area contributed by atoms with Gasteiger partial charge in [-0.25, -0.2) is 8.42 Å². The summed E-state index contributed by atoms with van der Waals surface area (Å²) >= 11 is 0. The van der Waals surface area contributed by atoms with Crippen LogP contribution < -0.4 is 5.32 Å². The zero-order chi connectivity index (χ0) is 18.7. The number of carbonyl (C=O) groups is 2. The second kappa shape index (κ2) is 7.85. The largest absolute Gasteiger partial charge is 0.340 e. The topological polar surface area (TPSA) is 86.8 Å². The van der Waals surface area contributed by atoms with Crippen LogP contribution in [0, 0.1) is 5.92 Å². The second-order valence-corrected chi connectivity index (χ2v) is 8.77. The molecule has 0 unspecified atom stereocenters. The van der Waals surface area contributed by atoms with E-state index in [0.717, 1.165) is 25.9 Å². The number of piperazine rings is 1. The zero-order valence-electron chi connectivity index (χ0n) is 15.0. The van der Waals surface area contributed by atoms with Gasteiger partial charge in [0, 0.05) is 37.7 Å². The Morgan fingerprint density at radius 1 is 1.00 bits per heavy atom. The summed E-state index contributed by atoms with van der Waals surface area (Å²) in [5.74, 6) is 0.104. The number of ketones is 1. The predicted molar refractivity (Wildman–Crippen MR) is 97.4 cm³/mol. The van der Waals surface area contributed by atoms with Crippen LogP contribution in [0.1, 0.15) is 30.1 Å². The van der Waals surface area contributed by atoms with Crippen molar-refractivity contribution in [1.82, 2.24) is 14.5 Å². The summed E-state index contributed by atoms with van der Waals surface area (Å²) in [6, 6.07) is 6.01. The van der Waals surface area contributed by atoms with Gasteiger partial charge in [0.15, 0.2) is 5.78 Å². The molecule has 0 aliphatic carbocycles. The summed E-state index contributed by atoms with van der Waals surface area (Å²) in [4.78, 5) is 25.9. The summed E-state index contributed by atoms with van der Waals surface area (Å²) in [6.07, 6.45) is 1.69. The Morgan fingerprint density at radius 3 is 2.12 bits per heavy atom. The van der Waals surface area contributed by atoms with Gasteiger partial charge in [-0.1, -0.05) is 12.1 Å². The average molecular weight is 379 g/mol. The Hall–Kier alpha value is -1.77. The highest BCUT2D eigenvalue weighted by Gasteiger charge is 2.32. The van der Waals surface area contributed by atoms with Crippen LogP contribution in [0.15, 0.2) is 29.2 Å². The van der Waals surface area contributed by atoms with Gasteiger partial charge in [0.2, 0.25) is 15.9 Å². The molecular weight excluding hydrogens is 354 g/mol. The van der Waals surface area contributed by atoms with Crippen molar-refractivity contribution < 1.29 is 18.0 Å². The van der Waals surface area contributed by atoms with Gasteiger partial charge in [0.25, 0.3) is 0 Å². The number of Topliss-reactive ketones (excluding diaryl/α,β-unsaturated/α-hetero) is 1. The highest BCUT2D eigenvalue weighted by molar-refractivity contribution is 7.89. The number of amides is 1. The lowest BCUT2D eigenvalue weighted by atomic mass is 9.96. The van der Waals surface area contributed by atoms with Crippen LogP contribution in [0.2, 0.25) is 0 Å². The lowest BCUT2D eigenvalue weighted by Crippen LogP contribution is -2.52. The molecule has 0 radical (unpaired) electrons. The third-order valence-corrected chi connectivity index (χ3v) is 7.05. The fourth-order valence-electron chi connectivity index (χ4n) is 3.49. The third-order valence-electron chi connectivity index (χ3n) is 5.14. The molecule has 1 aromatic carbocycles. The van der Waals surface area contributed by atoms with Crippen LogP contribution in [0.25, 0.3) is 0 Å². The molecule has 26 heavy (non-hydrogen) atoms. The molecule has 8 heteroatoms. The Labute approximate surface area is 154 Å².